The zero-order valence-corrected chi connectivity index (χ0v) is 13.8. The molecular formula is C16H27N3O2. The van der Waals surface area contributed by atoms with Gasteiger partial charge in [0.2, 0.25) is 0 Å². The Labute approximate surface area is 127 Å². The van der Waals surface area contributed by atoms with E-state index in [0.29, 0.717) is 17.7 Å². The van der Waals surface area contributed by atoms with Crippen molar-refractivity contribution in [2.75, 3.05) is 0 Å². The van der Waals surface area contributed by atoms with E-state index in [1.807, 2.05) is 32.4 Å². The summed E-state index contributed by atoms with van der Waals surface area (Å²) in [5, 5.41) is 8.34. The maximum Gasteiger partial charge on any atom is 0.361 e. The Morgan fingerprint density at radius 1 is 1.33 bits per heavy atom. The molecule has 0 N–H and O–H groups in total. The van der Waals surface area contributed by atoms with Gasteiger partial charge in [-0.3, -0.25) is 0 Å². The predicted octanol–water partition coefficient (Wildman–Crippen LogP) is 3.68. The third-order valence-electron chi connectivity index (χ3n) is 4.23. The van der Waals surface area contributed by atoms with Gasteiger partial charge in [0.25, 0.3) is 0 Å². The van der Waals surface area contributed by atoms with E-state index in [9.17, 15) is 4.79 Å². The van der Waals surface area contributed by atoms with Crippen LogP contribution in [0, 0.1) is 12.8 Å². The molecule has 1 heterocycles. The first-order valence-corrected chi connectivity index (χ1v) is 7.98. The molecule has 1 aromatic heterocycles. The summed E-state index contributed by atoms with van der Waals surface area (Å²) < 4.78 is 7.35. The van der Waals surface area contributed by atoms with Crippen molar-refractivity contribution in [3.63, 3.8) is 0 Å². The van der Waals surface area contributed by atoms with Crippen LogP contribution >= 0.6 is 0 Å². The highest BCUT2D eigenvalue weighted by molar-refractivity contribution is 5.88. The molecular weight excluding hydrogens is 266 g/mol. The Balaban J connectivity index is 2.22. The molecule has 1 aliphatic rings. The Bertz CT molecular complexity index is 502. The maximum absolute atomic E-state index is 12.2. The maximum atomic E-state index is 12.2. The summed E-state index contributed by atoms with van der Waals surface area (Å²) in [7, 11) is 0. The average Bonchev–Trinajstić information content (AvgIpc) is 2.78. The first-order valence-electron chi connectivity index (χ1n) is 7.98. The van der Waals surface area contributed by atoms with Crippen LogP contribution in [0.5, 0.6) is 0 Å². The summed E-state index contributed by atoms with van der Waals surface area (Å²) in [5.41, 5.74) is 0.671. The lowest BCUT2D eigenvalue weighted by Crippen LogP contribution is -2.26. The average molecular weight is 293 g/mol. The molecule has 0 saturated heterocycles. The van der Waals surface area contributed by atoms with E-state index in [1.54, 1.807) is 0 Å². The molecule has 1 fully saturated rings. The zero-order chi connectivity index (χ0) is 15.6. The van der Waals surface area contributed by atoms with E-state index in [1.165, 1.54) is 19.3 Å². The van der Waals surface area contributed by atoms with Gasteiger partial charge in [0.1, 0.15) is 5.60 Å². The second-order valence-corrected chi connectivity index (χ2v) is 6.99. The molecule has 2 rings (SSSR count). The molecule has 0 amide bonds. The van der Waals surface area contributed by atoms with Crippen molar-refractivity contribution in [3.8, 4) is 0 Å². The molecule has 0 aliphatic heterocycles. The fourth-order valence-corrected chi connectivity index (χ4v) is 3.16. The van der Waals surface area contributed by atoms with Gasteiger partial charge in [0, 0.05) is 0 Å². The smallest absolute Gasteiger partial charge is 0.361 e. The Morgan fingerprint density at radius 2 is 2.00 bits per heavy atom. The lowest BCUT2D eigenvalue weighted by Gasteiger charge is -2.31. The van der Waals surface area contributed by atoms with Crippen molar-refractivity contribution in [3.05, 3.63) is 11.4 Å². The predicted molar refractivity (Wildman–Crippen MR) is 81.2 cm³/mol. The molecule has 0 radical (unpaired) electrons. The van der Waals surface area contributed by atoms with Crippen LogP contribution in [0.15, 0.2) is 0 Å². The minimum Gasteiger partial charge on any atom is -0.455 e. The Kier molecular flexibility index (Phi) is 4.69. The highest BCUT2D eigenvalue weighted by Gasteiger charge is 2.30. The van der Waals surface area contributed by atoms with Crippen LogP contribution in [0.2, 0.25) is 0 Å². The normalized spacial score (nSPS) is 23.1. The van der Waals surface area contributed by atoms with Gasteiger partial charge in [-0.15, -0.1) is 5.10 Å². The van der Waals surface area contributed by atoms with Gasteiger partial charge in [0.15, 0.2) is 5.69 Å². The van der Waals surface area contributed by atoms with E-state index in [2.05, 4.69) is 17.2 Å². The number of aromatic nitrogens is 3. The van der Waals surface area contributed by atoms with E-state index < -0.39 is 5.60 Å². The number of carbonyl (C=O) groups is 1. The summed E-state index contributed by atoms with van der Waals surface area (Å²) in [5.74, 6) is 0.251. The highest BCUT2D eigenvalue weighted by Crippen LogP contribution is 2.36. The van der Waals surface area contributed by atoms with E-state index >= 15 is 0 Å². The van der Waals surface area contributed by atoms with Gasteiger partial charge in [-0.25, -0.2) is 9.48 Å². The number of hydrogen-bond acceptors (Lipinski definition) is 4. The van der Waals surface area contributed by atoms with Crippen molar-refractivity contribution in [1.82, 2.24) is 15.0 Å². The van der Waals surface area contributed by atoms with E-state index in [4.69, 9.17) is 4.74 Å². The van der Waals surface area contributed by atoms with Crippen LogP contribution < -0.4 is 0 Å². The summed E-state index contributed by atoms with van der Waals surface area (Å²) >= 11 is 0. The minimum absolute atomic E-state index is 0.352. The molecule has 5 nitrogen and oxygen atoms in total. The van der Waals surface area contributed by atoms with Gasteiger partial charge >= 0.3 is 5.97 Å². The molecule has 118 valence electrons. The van der Waals surface area contributed by atoms with Gasteiger partial charge in [-0.1, -0.05) is 31.4 Å². The van der Waals surface area contributed by atoms with Gasteiger partial charge in [-0.2, -0.15) is 0 Å². The van der Waals surface area contributed by atoms with Crippen LogP contribution in [-0.2, 0) is 4.74 Å². The number of ether oxygens (including phenoxy) is 1. The monoisotopic (exact) mass is 293 g/mol. The number of carbonyl (C=O) groups excluding carboxylic acids is 1. The van der Waals surface area contributed by atoms with Crippen LogP contribution in [0.25, 0.3) is 0 Å². The van der Waals surface area contributed by atoms with Crippen molar-refractivity contribution in [2.45, 2.75) is 78.4 Å². The fourth-order valence-electron chi connectivity index (χ4n) is 3.16. The second-order valence-electron chi connectivity index (χ2n) is 6.99. The molecule has 1 aromatic rings. The van der Waals surface area contributed by atoms with Crippen LogP contribution in [0.4, 0.5) is 0 Å². The molecule has 0 aromatic carbocycles. The lowest BCUT2D eigenvalue weighted by atomic mass is 9.83. The van der Waals surface area contributed by atoms with Crippen molar-refractivity contribution in [2.24, 2.45) is 5.92 Å². The van der Waals surface area contributed by atoms with Crippen LogP contribution in [-0.4, -0.2) is 26.6 Å². The highest BCUT2D eigenvalue weighted by atomic mass is 16.6. The van der Waals surface area contributed by atoms with Gasteiger partial charge in [-0.05, 0) is 46.5 Å². The zero-order valence-electron chi connectivity index (χ0n) is 13.8. The second kappa shape index (κ2) is 6.16. The Hall–Kier alpha value is -1.39. The number of esters is 1. The lowest BCUT2D eigenvalue weighted by molar-refractivity contribution is 0.00618. The third-order valence-corrected chi connectivity index (χ3v) is 4.23. The molecule has 0 bridgehead atoms. The molecule has 5 heteroatoms. The van der Waals surface area contributed by atoms with E-state index in [0.717, 1.165) is 18.5 Å². The first-order chi connectivity index (χ1) is 9.83. The standard InChI is InChI=1S/C16H27N3O2/c1-6-12-9-7-8-10-13(12)19-11(2)14(17-18-19)15(20)21-16(3,4)5/h12-13H,6-10H2,1-5H3. The van der Waals surface area contributed by atoms with Crippen LogP contribution in [0.1, 0.15) is 82.0 Å². The molecule has 2 atom stereocenters. The molecule has 1 saturated carbocycles. The molecule has 21 heavy (non-hydrogen) atoms. The van der Waals surface area contributed by atoms with E-state index in [-0.39, 0.29) is 5.97 Å². The summed E-state index contributed by atoms with van der Waals surface area (Å²) in [6.07, 6.45) is 6.02. The largest absolute Gasteiger partial charge is 0.455 e. The summed E-state index contributed by atoms with van der Waals surface area (Å²) in [6, 6.07) is 0.368. The number of rotatable bonds is 3. The number of nitrogens with zero attached hydrogens (tertiary/aromatic N) is 3. The SMILES string of the molecule is CCC1CCCCC1n1nnc(C(=O)OC(C)(C)C)c1C. The summed E-state index contributed by atoms with van der Waals surface area (Å²) in [4.78, 5) is 12.2. The van der Waals surface area contributed by atoms with Crippen molar-refractivity contribution < 1.29 is 9.53 Å². The number of hydrogen-bond donors (Lipinski definition) is 0. The van der Waals surface area contributed by atoms with Crippen molar-refractivity contribution in [1.29, 1.82) is 0 Å². The van der Waals surface area contributed by atoms with Gasteiger partial charge in [0.05, 0.1) is 11.7 Å². The molecule has 0 spiro atoms. The van der Waals surface area contributed by atoms with Crippen LogP contribution in [0.3, 0.4) is 0 Å². The quantitative estimate of drug-likeness (QED) is 0.798. The fraction of sp³-hybridized carbons (Fsp3) is 0.812. The molecule has 1 aliphatic carbocycles. The summed E-state index contributed by atoms with van der Waals surface area (Å²) in [6.45, 7) is 9.72. The van der Waals surface area contributed by atoms with Gasteiger partial charge < -0.3 is 4.74 Å². The first kappa shape index (κ1) is 16.0. The topological polar surface area (TPSA) is 57.0 Å². The van der Waals surface area contributed by atoms with Crippen molar-refractivity contribution >= 4 is 5.97 Å². The molecule has 2 unspecified atom stereocenters. The Morgan fingerprint density at radius 3 is 2.62 bits per heavy atom. The minimum atomic E-state index is -0.510. The third kappa shape index (κ3) is 3.63.